The van der Waals surface area contributed by atoms with Gasteiger partial charge in [-0.05, 0) is 18.2 Å². The van der Waals surface area contributed by atoms with Crippen LogP contribution in [-0.2, 0) is 11.8 Å². The molecule has 1 fully saturated rings. The predicted molar refractivity (Wildman–Crippen MR) is 97.6 cm³/mol. The average molecular weight is 383 g/mol. The Labute approximate surface area is 157 Å². The van der Waals surface area contributed by atoms with Crippen LogP contribution in [0.25, 0.3) is 0 Å². The van der Waals surface area contributed by atoms with Gasteiger partial charge in [-0.15, -0.1) is 0 Å². The monoisotopic (exact) mass is 382 g/mol. The molecule has 3 rings (SSSR count). The Balaban J connectivity index is 1.34. The molecular weight excluding hydrogens is 363 g/mol. The molecule has 1 amide bonds. The van der Waals surface area contributed by atoms with Gasteiger partial charge < -0.3 is 18.9 Å². The first kappa shape index (κ1) is 18.1. The Hall–Kier alpha value is -1.69. The molecule has 0 aliphatic carbocycles. The lowest BCUT2D eigenvalue weighted by molar-refractivity contribution is -0.0452. The number of para-hydroxylation sites is 1. The Morgan fingerprint density at radius 3 is 2.56 bits per heavy atom. The molecule has 0 radical (unpaired) electrons. The number of hydrogen-bond acceptors (Lipinski definition) is 3. The quantitative estimate of drug-likeness (QED) is 0.686. The first-order valence-corrected chi connectivity index (χ1v) is 8.91. The van der Waals surface area contributed by atoms with E-state index >= 15 is 0 Å². The summed E-state index contributed by atoms with van der Waals surface area (Å²) in [6.07, 6.45) is 0.884. The van der Waals surface area contributed by atoms with Crippen LogP contribution in [0.15, 0.2) is 36.4 Å². The number of aromatic nitrogens is 1. The highest BCUT2D eigenvalue weighted by atomic mass is 35.5. The summed E-state index contributed by atoms with van der Waals surface area (Å²) in [5.74, 6) is 0.784. The molecule has 1 aliphatic rings. The predicted octanol–water partition coefficient (Wildman–Crippen LogP) is 3.64. The van der Waals surface area contributed by atoms with Crippen molar-refractivity contribution in [1.82, 2.24) is 9.47 Å². The topological polar surface area (TPSA) is 43.7 Å². The number of carbonyl (C=O) groups is 1. The van der Waals surface area contributed by atoms with E-state index < -0.39 is 0 Å². The van der Waals surface area contributed by atoms with Crippen LogP contribution in [0.1, 0.15) is 16.9 Å². The van der Waals surface area contributed by atoms with E-state index in [1.807, 2.05) is 30.3 Å². The first-order chi connectivity index (χ1) is 12.1. The van der Waals surface area contributed by atoms with Gasteiger partial charge in [-0.25, -0.2) is 0 Å². The summed E-state index contributed by atoms with van der Waals surface area (Å²) < 4.78 is 13.0. The Morgan fingerprint density at radius 1 is 1.20 bits per heavy atom. The van der Waals surface area contributed by atoms with Crippen molar-refractivity contribution in [1.29, 1.82) is 0 Å². The molecule has 134 valence electrons. The van der Waals surface area contributed by atoms with E-state index in [4.69, 9.17) is 32.7 Å². The molecule has 2 aromatic rings. The van der Waals surface area contributed by atoms with Crippen molar-refractivity contribution in [3.05, 3.63) is 52.3 Å². The van der Waals surface area contributed by atoms with Crippen LogP contribution in [0.2, 0.25) is 10.2 Å². The van der Waals surface area contributed by atoms with Gasteiger partial charge in [0.05, 0.1) is 24.3 Å². The molecular formula is C18H20Cl2N2O3. The van der Waals surface area contributed by atoms with Gasteiger partial charge in [-0.1, -0.05) is 41.4 Å². The van der Waals surface area contributed by atoms with Gasteiger partial charge in [0.25, 0.3) is 5.91 Å². The number of nitrogens with zero attached hydrogens (tertiary/aromatic N) is 2. The number of halogens is 2. The van der Waals surface area contributed by atoms with E-state index in [0.29, 0.717) is 42.2 Å². The van der Waals surface area contributed by atoms with E-state index in [1.165, 1.54) is 0 Å². The molecule has 0 bridgehead atoms. The second-order valence-electron chi connectivity index (χ2n) is 5.95. The summed E-state index contributed by atoms with van der Waals surface area (Å²) >= 11 is 12.0. The fourth-order valence-corrected chi connectivity index (χ4v) is 3.01. The molecule has 7 heteroatoms. The largest absolute Gasteiger partial charge is 0.494 e. The molecule has 1 aliphatic heterocycles. The molecule has 0 atom stereocenters. The fraction of sp³-hybridized carbons (Fsp3) is 0.389. The number of ether oxygens (including phenoxy) is 2. The zero-order valence-electron chi connectivity index (χ0n) is 14.0. The van der Waals surface area contributed by atoms with Gasteiger partial charge in [0.1, 0.15) is 16.6 Å². The molecule has 0 N–H and O–H groups in total. The second kappa shape index (κ2) is 8.13. The van der Waals surface area contributed by atoms with Crippen molar-refractivity contribution < 1.29 is 14.3 Å². The van der Waals surface area contributed by atoms with E-state index in [0.717, 1.165) is 12.2 Å². The number of hydrogen-bond donors (Lipinski definition) is 0. The van der Waals surface area contributed by atoms with Gasteiger partial charge in [-0.3, -0.25) is 4.79 Å². The van der Waals surface area contributed by atoms with E-state index in [9.17, 15) is 4.79 Å². The van der Waals surface area contributed by atoms with Crippen molar-refractivity contribution in [3.8, 4) is 5.75 Å². The Morgan fingerprint density at radius 2 is 1.92 bits per heavy atom. The highest BCUT2D eigenvalue weighted by Crippen LogP contribution is 2.27. The summed E-state index contributed by atoms with van der Waals surface area (Å²) in [5, 5.41) is 0.760. The summed E-state index contributed by atoms with van der Waals surface area (Å²) in [5.41, 5.74) is 0.490. The third-order valence-corrected chi connectivity index (χ3v) is 4.97. The van der Waals surface area contributed by atoms with Crippen molar-refractivity contribution in [3.63, 3.8) is 0 Å². The summed E-state index contributed by atoms with van der Waals surface area (Å²) in [6, 6.07) is 11.3. The fourth-order valence-electron chi connectivity index (χ4n) is 2.63. The molecule has 25 heavy (non-hydrogen) atoms. The highest BCUT2D eigenvalue weighted by molar-refractivity contribution is 6.41. The minimum atomic E-state index is -0.0800. The molecule has 1 aromatic carbocycles. The van der Waals surface area contributed by atoms with Crippen LogP contribution in [0, 0.1) is 0 Å². The number of rotatable bonds is 7. The lowest BCUT2D eigenvalue weighted by Crippen LogP contribution is -2.55. The maximum Gasteiger partial charge on any atom is 0.270 e. The lowest BCUT2D eigenvalue weighted by atomic mass is 10.1. The third-order valence-electron chi connectivity index (χ3n) is 4.12. The summed E-state index contributed by atoms with van der Waals surface area (Å²) in [6.45, 7) is 2.39. The molecule has 5 nitrogen and oxygen atoms in total. The van der Waals surface area contributed by atoms with E-state index in [2.05, 4.69) is 0 Å². The maximum atomic E-state index is 12.4. The number of likely N-dealkylation sites (tertiary alicyclic amines) is 1. The van der Waals surface area contributed by atoms with Gasteiger partial charge in [0.15, 0.2) is 0 Å². The average Bonchev–Trinajstić information content (AvgIpc) is 2.84. The molecule has 0 spiro atoms. The van der Waals surface area contributed by atoms with Gasteiger partial charge in [-0.2, -0.15) is 0 Å². The van der Waals surface area contributed by atoms with Crippen LogP contribution < -0.4 is 4.74 Å². The highest BCUT2D eigenvalue weighted by Gasteiger charge is 2.33. The van der Waals surface area contributed by atoms with Crippen molar-refractivity contribution in [2.24, 2.45) is 7.05 Å². The molecule has 0 unspecified atom stereocenters. The number of amides is 1. The second-order valence-corrected chi connectivity index (χ2v) is 6.71. The Kier molecular flexibility index (Phi) is 5.89. The van der Waals surface area contributed by atoms with E-state index in [1.54, 1.807) is 22.6 Å². The zero-order valence-corrected chi connectivity index (χ0v) is 15.5. The summed E-state index contributed by atoms with van der Waals surface area (Å²) in [4.78, 5) is 14.1. The summed E-state index contributed by atoms with van der Waals surface area (Å²) in [7, 11) is 1.72. The van der Waals surface area contributed by atoms with Crippen molar-refractivity contribution >= 4 is 29.1 Å². The number of benzene rings is 1. The van der Waals surface area contributed by atoms with Crippen LogP contribution in [0.5, 0.6) is 5.75 Å². The van der Waals surface area contributed by atoms with Crippen molar-refractivity contribution in [2.75, 3.05) is 26.3 Å². The number of carbonyl (C=O) groups excluding carboxylic acids is 1. The van der Waals surface area contributed by atoms with Crippen molar-refractivity contribution in [2.45, 2.75) is 12.5 Å². The standard InChI is InChI=1S/C18H20Cl2N2O3/c1-21-16(10-15(19)17(21)20)18(23)22-11-14(12-22)25-9-5-8-24-13-6-3-2-4-7-13/h2-4,6-7,10,14H,5,8-9,11-12H2,1H3. The first-order valence-electron chi connectivity index (χ1n) is 8.15. The minimum Gasteiger partial charge on any atom is -0.494 e. The van der Waals surface area contributed by atoms with Gasteiger partial charge >= 0.3 is 0 Å². The zero-order chi connectivity index (χ0) is 17.8. The SMILES string of the molecule is Cn1c(C(=O)N2CC(OCCCOc3ccccc3)C2)cc(Cl)c1Cl. The molecule has 0 saturated carbocycles. The third kappa shape index (κ3) is 4.29. The van der Waals surface area contributed by atoms with Crippen LogP contribution >= 0.6 is 23.2 Å². The Bertz CT molecular complexity index is 727. The van der Waals surface area contributed by atoms with E-state index in [-0.39, 0.29) is 12.0 Å². The van der Waals surface area contributed by atoms with Crippen LogP contribution in [-0.4, -0.2) is 47.8 Å². The molecule has 1 aromatic heterocycles. The maximum absolute atomic E-state index is 12.4. The molecule has 2 heterocycles. The molecule has 1 saturated heterocycles. The normalized spacial score (nSPS) is 14.4. The lowest BCUT2D eigenvalue weighted by Gasteiger charge is -2.38. The van der Waals surface area contributed by atoms with Gasteiger partial charge in [0, 0.05) is 26.6 Å². The van der Waals surface area contributed by atoms with Crippen LogP contribution in [0.4, 0.5) is 0 Å². The smallest absolute Gasteiger partial charge is 0.270 e. The minimum absolute atomic E-state index is 0.0758. The van der Waals surface area contributed by atoms with Crippen LogP contribution in [0.3, 0.4) is 0 Å². The van der Waals surface area contributed by atoms with Gasteiger partial charge in [0.2, 0.25) is 0 Å².